The molecule has 0 amide bonds. The molecule has 0 aromatic carbocycles. The number of hydrogen-bond donors (Lipinski definition) is 1. The van der Waals surface area contributed by atoms with Crippen LogP contribution in [-0.2, 0) is 17.7 Å². The van der Waals surface area contributed by atoms with Gasteiger partial charge in [0.1, 0.15) is 6.54 Å². The summed E-state index contributed by atoms with van der Waals surface area (Å²) in [6.07, 6.45) is 3.43. The number of aryl methyl sites for hydroxylation is 1. The lowest BCUT2D eigenvalue weighted by Crippen LogP contribution is -2.43. The lowest BCUT2D eigenvalue weighted by atomic mass is 10.2. The predicted octanol–water partition coefficient (Wildman–Crippen LogP) is 0.396. The third-order valence-electron chi connectivity index (χ3n) is 4.12. The van der Waals surface area contributed by atoms with E-state index in [1.54, 1.807) is 12.3 Å². The molecular formula is C16H23N5O3. The van der Waals surface area contributed by atoms with Crippen molar-refractivity contribution in [1.29, 1.82) is 0 Å². The fourth-order valence-electron chi connectivity index (χ4n) is 2.77. The molecule has 3 rings (SSSR count). The van der Waals surface area contributed by atoms with Crippen LogP contribution in [0.3, 0.4) is 0 Å². The van der Waals surface area contributed by atoms with Crippen LogP contribution in [0, 0.1) is 0 Å². The molecule has 0 bridgehead atoms. The van der Waals surface area contributed by atoms with Gasteiger partial charge in [-0.2, -0.15) is 5.10 Å². The van der Waals surface area contributed by atoms with Gasteiger partial charge in [0.2, 0.25) is 0 Å². The molecule has 0 radical (unpaired) electrons. The van der Waals surface area contributed by atoms with Crippen molar-refractivity contribution in [3.8, 4) is 0 Å². The van der Waals surface area contributed by atoms with Crippen LogP contribution in [0.25, 0.3) is 0 Å². The zero-order valence-corrected chi connectivity index (χ0v) is 13.9. The van der Waals surface area contributed by atoms with E-state index in [9.17, 15) is 4.79 Å². The molecule has 2 N–H and O–H groups in total. The summed E-state index contributed by atoms with van der Waals surface area (Å²) in [6.45, 7) is 4.98. The average molecular weight is 333 g/mol. The van der Waals surface area contributed by atoms with Gasteiger partial charge in [0.15, 0.2) is 5.76 Å². The molecule has 2 aromatic rings. The molecule has 24 heavy (non-hydrogen) atoms. The normalized spacial score (nSPS) is 18.1. The van der Waals surface area contributed by atoms with Gasteiger partial charge >= 0.3 is 0 Å². The van der Waals surface area contributed by atoms with Crippen LogP contribution in [0.4, 0.5) is 5.69 Å². The van der Waals surface area contributed by atoms with E-state index in [2.05, 4.69) is 15.2 Å². The number of morpholine rings is 1. The van der Waals surface area contributed by atoms with Gasteiger partial charge in [-0.1, -0.05) is 12.1 Å². The number of ether oxygens (including phenoxy) is 1. The first-order chi connectivity index (χ1) is 11.7. The largest absolute Gasteiger partial charge is 0.374 e. The first-order valence-electron chi connectivity index (χ1n) is 8.28. The van der Waals surface area contributed by atoms with Gasteiger partial charge in [0.25, 0.3) is 5.56 Å². The van der Waals surface area contributed by atoms with Gasteiger partial charge in [-0.05, 0) is 19.4 Å². The standard InChI is InChI=1S/C16H23N5O3/c1-2-12-7-15(24-19-12)11-21-16(22)8-13(9-18-21)20-5-6-23-14(10-20)3-4-17/h7-9,14H,2-6,10-11,17H2,1H3/t14-/m0/s1. The minimum absolute atomic E-state index is 0.104. The Hall–Kier alpha value is -2.19. The highest BCUT2D eigenvalue weighted by atomic mass is 16.5. The molecule has 8 nitrogen and oxygen atoms in total. The molecule has 1 aliphatic heterocycles. The summed E-state index contributed by atoms with van der Waals surface area (Å²) in [4.78, 5) is 14.4. The van der Waals surface area contributed by atoms with E-state index in [4.69, 9.17) is 15.0 Å². The quantitative estimate of drug-likeness (QED) is 0.816. The Kier molecular flexibility index (Phi) is 5.27. The van der Waals surface area contributed by atoms with Crippen LogP contribution in [0.5, 0.6) is 0 Å². The number of rotatable bonds is 6. The third-order valence-corrected chi connectivity index (χ3v) is 4.12. The second kappa shape index (κ2) is 7.59. The molecule has 2 aromatic heterocycles. The minimum Gasteiger partial charge on any atom is -0.374 e. The van der Waals surface area contributed by atoms with Crippen molar-refractivity contribution >= 4 is 5.69 Å². The SMILES string of the molecule is CCc1cc(Cn2ncc(N3CCO[C@@H](CCN)C3)cc2=O)on1. The number of hydrogen-bond acceptors (Lipinski definition) is 7. The van der Waals surface area contributed by atoms with Crippen LogP contribution in [0.15, 0.2) is 27.6 Å². The van der Waals surface area contributed by atoms with Crippen molar-refractivity contribution in [2.24, 2.45) is 5.73 Å². The van der Waals surface area contributed by atoms with E-state index in [1.165, 1.54) is 4.68 Å². The van der Waals surface area contributed by atoms with Crippen molar-refractivity contribution in [3.05, 3.63) is 40.1 Å². The van der Waals surface area contributed by atoms with Crippen molar-refractivity contribution in [1.82, 2.24) is 14.9 Å². The number of nitrogens with two attached hydrogens (primary N) is 1. The van der Waals surface area contributed by atoms with E-state index in [0.717, 1.165) is 37.3 Å². The summed E-state index contributed by atoms with van der Waals surface area (Å²) in [6, 6.07) is 3.45. The molecule has 3 heterocycles. The molecule has 0 aliphatic carbocycles. The minimum atomic E-state index is -0.163. The second-order valence-electron chi connectivity index (χ2n) is 5.86. The molecular weight excluding hydrogens is 310 g/mol. The summed E-state index contributed by atoms with van der Waals surface area (Å²) in [5.41, 5.74) is 7.11. The van der Waals surface area contributed by atoms with Crippen molar-refractivity contribution < 1.29 is 9.26 Å². The fourth-order valence-corrected chi connectivity index (χ4v) is 2.77. The van der Waals surface area contributed by atoms with E-state index in [-0.39, 0.29) is 18.2 Å². The van der Waals surface area contributed by atoms with Crippen molar-refractivity contribution in [2.45, 2.75) is 32.4 Å². The Morgan fingerprint density at radius 2 is 2.29 bits per heavy atom. The maximum absolute atomic E-state index is 12.3. The molecule has 1 atom stereocenters. The van der Waals surface area contributed by atoms with Crippen LogP contribution in [-0.4, -0.2) is 47.3 Å². The van der Waals surface area contributed by atoms with Crippen LogP contribution >= 0.6 is 0 Å². The highest BCUT2D eigenvalue weighted by Gasteiger charge is 2.21. The summed E-state index contributed by atoms with van der Waals surface area (Å²) in [7, 11) is 0. The first-order valence-corrected chi connectivity index (χ1v) is 8.28. The number of nitrogens with zero attached hydrogens (tertiary/aromatic N) is 4. The predicted molar refractivity (Wildman–Crippen MR) is 89.1 cm³/mol. The fraction of sp³-hybridized carbons (Fsp3) is 0.562. The van der Waals surface area contributed by atoms with Gasteiger partial charge < -0.3 is 19.9 Å². The summed E-state index contributed by atoms with van der Waals surface area (Å²) in [5, 5.41) is 8.19. The Morgan fingerprint density at radius 3 is 3.00 bits per heavy atom. The van der Waals surface area contributed by atoms with Crippen molar-refractivity contribution in [2.75, 3.05) is 31.1 Å². The third kappa shape index (κ3) is 3.82. The van der Waals surface area contributed by atoms with Crippen LogP contribution < -0.4 is 16.2 Å². The lowest BCUT2D eigenvalue weighted by Gasteiger charge is -2.34. The Morgan fingerprint density at radius 1 is 1.42 bits per heavy atom. The summed E-state index contributed by atoms with van der Waals surface area (Å²) >= 11 is 0. The van der Waals surface area contributed by atoms with Gasteiger partial charge in [-0.3, -0.25) is 4.79 Å². The van der Waals surface area contributed by atoms with Gasteiger partial charge in [-0.25, -0.2) is 4.68 Å². The van der Waals surface area contributed by atoms with E-state index >= 15 is 0 Å². The summed E-state index contributed by atoms with van der Waals surface area (Å²) < 4.78 is 12.3. The van der Waals surface area contributed by atoms with Crippen molar-refractivity contribution in [3.63, 3.8) is 0 Å². The molecule has 1 fully saturated rings. The molecule has 1 aliphatic rings. The monoisotopic (exact) mass is 333 g/mol. The first kappa shape index (κ1) is 16.7. The zero-order valence-electron chi connectivity index (χ0n) is 13.9. The smallest absolute Gasteiger partial charge is 0.269 e. The maximum atomic E-state index is 12.3. The van der Waals surface area contributed by atoms with Gasteiger partial charge in [-0.15, -0.1) is 0 Å². The Bertz CT molecular complexity index is 724. The van der Waals surface area contributed by atoms with Gasteiger partial charge in [0.05, 0.1) is 30.3 Å². The molecule has 1 saturated heterocycles. The Balaban J connectivity index is 1.71. The molecule has 130 valence electrons. The van der Waals surface area contributed by atoms with E-state index in [1.807, 2.05) is 13.0 Å². The number of aromatic nitrogens is 3. The van der Waals surface area contributed by atoms with Crippen LogP contribution in [0.2, 0.25) is 0 Å². The topological polar surface area (TPSA) is 99.4 Å². The average Bonchev–Trinajstić information content (AvgIpc) is 3.05. The highest BCUT2D eigenvalue weighted by molar-refractivity contribution is 5.43. The van der Waals surface area contributed by atoms with Crippen LogP contribution in [0.1, 0.15) is 24.8 Å². The second-order valence-corrected chi connectivity index (χ2v) is 5.86. The van der Waals surface area contributed by atoms with E-state index in [0.29, 0.717) is 18.9 Å². The zero-order chi connectivity index (χ0) is 16.9. The molecule has 8 heteroatoms. The lowest BCUT2D eigenvalue weighted by molar-refractivity contribution is 0.0368. The van der Waals surface area contributed by atoms with E-state index < -0.39 is 0 Å². The molecule has 0 spiro atoms. The van der Waals surface area contributed by atoms with Gasteiger partial charge in [0, 0.05) is 25.2 Å². The maximum Gasteiger partial charge on any atom is 0.269 e. The highest BCUT2D eigenvalue weighted by Crippen LogP contribution is 2.16. The molecule has 0 saturated carbocycles. The Labute approximate surface area is 140 Å². The number of anilines is 1. The molecule has 0 unspecified atom stereocenters. The summed E-state index contributed by atoms with van der Waals surface area (Å²) in [5.74, 6) is 0.628.